The molecular formula is C15H21N3O3. The third-order valence-corrected chi connectivity index (χ3v) is 3.61. The van der Waals surface area contributed by atoms with Crippen LogP contribution in [-0.2, 0) is 4.79 Å². The summed E-state index contributed by atoms with van der Waals surface area (Å²) in [5.41, 5.74) is 7.12. The normalized spacial score (nSPS) is 18.6. The standard InChI is InChI=1S/C15H21N3O3/c1-9-5-6-12(21-4)10(7-9)11(16)8-18-13(19)15(2,3)17-14(18)20/h5-7,11H,8,16H2,1-4H3,(H,17,20). The predicted octanol–water partition coefficient (Wildman–Crippen LogP) is 1.33. The number of nitrogens with zero attached hydrogens (tertiary/aromatic N) is 1. The largest absolute Gasteiger partial charge is 0.496 e. The number of methoxy groups -OCH3 is 1. The number of nitrogens with two attached hydrogens (primary N) is 1. The highest BCUT2D eigenvalue weighted by Crippen LogP contribution is 2.27. The molecule has 1 saturated heterocycles. The zero-order valence-corrected chi connectivity index (χ0v) is 12.8. The second-order valence-corrected chi connectivity index (χ2v) is 5.82. The molecule has 0 radical (unpaired) electrons. The van der Waals surface area contributed by atoms with Gasteiger partial charge in [0.1, 0.15) is 11.3 Å². The van der Waals surface area contributed by atoms with Gasteiger partial charge >= 0.3 is 6.03 Å². The molecule has 1 aromatic rings. The van der Waals surface area contributed by atoms with E-state index in [1.54, 1.807) is 21.0 Å². The molecule has 3 amide bonds. The van der Waals surface area contributed by atoms with Crippen molar-refractivity contribution >= 4 is 11.9 Å². The van der Waals surface area contributed by atoms with E-state index in [0.717, 1.165) is 16.0 Å². The number of imide groups is 1. The van der Waals surface area contributed by atoms with Gasteiger partial charge in [-0.2, -0.15) is 0 Å². The van der Waals surface area contributed by atoms with Gasteiger partial charge in [0, 0.05) is 12.1 Å². The third kappa shape index (κ3) is 2.85. The van der Waals surface area contributed by atoms with Crippen LogP contribution in [0.2, 0.25) is 0 Å². The summed E-state index contributed by atoms with van der Waals surface area (Å²) in [6.07, 6.45) is 0. The first-order valence-electron chi connectivity index (χ1n) is 6.80. The second kappa shape index (κ2) is 5.37. The predicted molar refractivity (Wildman–Crippen MR) is 79.0 cm³/mol. The van der Waals surface area contributed by atoms with Gasteiger partial charge in [0.2, 0.25) is 0 Å². The van der Waals surface area contributed by atoms with Gasteiger partial charge in [-0.25, -0.2) is 4.79 Å². The van der Waals surface area contributed by atoms with Crippen LogP contribution in [0.1, 0.15) is 31.0 Å². The Hall–Kier alpha value is -2.08. The van der Waals surface area contributed by atoms with Crippen LogP contribution in [0.25, 0.3) is 0 Å². The fraction of sp³-hybridized carbons (Fsp3) is 0.467. The average Bonchev–Trinajstić information content (AvgIpc) is 2.60. The van der Waals surface area contributed by atoms with Crippen LogP contribution in [0.5, 0.6) is 5.75 Å². The SMILES string of the molecule is COc1ccc(C)cc1C(N)CN1C(=O)NC(C)(C)C1=O. The summed E-state index contributed by atoms with van der Waals surface area (Å²) in [5.74, 6) is 0.383. The Morgan fingerprint density at radius 1 is 1.38 bits per heavy atom. The Bertz CT molecular complexity index is 584. The number of carbonyl (C=O) groups is 2. The minimum atomic E-state index is -0.881. The molecule has 21 heavy (non-hydrogen) atoms. The van der Waals surface area contributed by atoms with Crippen LogP contribution >= 0.6 is 0 Å². The molecule has 1 aromatic carbocycles. The Labute approximate surface area is 124 Å². The van der Waals surface area contributed by atoms with Crippen molar-refractivity contribution in [1.82, 2.24) is 10.2 Å². The van der Waals surface area contributed by atoms with E-state index in [2.05, 4.69) is 5.32 Å². The number of hydrogen-bond donors (Lipinski definition) is 2. The molecule has 1 fully saturated rings. The highest BCUT2D eigenvalue weighted by Gasteiger charge is 2.44. The van der Waals surface area contributed by atoms with E-state index in [1.807, 2.05) is 25.1 Å². The summed E-state index contributed by atoms with van der Waals surface area (Å²) in [4.78, 5) is 25.2. The Kier molecular flexibility index (Phi) is 3.91. The number of hydrogen-bond acceptors (Lipinski definition) is 4. The monoisotopic (exact) mass is 291 g/mol. The van der Waals surface area contributed by atoms with Gasteiger partial charge in [-0.3, -0.25) is 9.69 Å². The molecule has 0 spiro atoms. The van der Waals surface area contributed by atoms with E-state index in [9.17, 15) is 9.59 Å². The lowest BCUT2D eigenvalue weighted by molar-refractivity contribution is -0.130. The molecule has 1 unspecified atom stereocenters. The van der Waals surface area contributed by atoms with Crippen LogP contribution in [0, 0.1) is 6.92 Å². The number of nitrogens with one attached hydrogen (secondary N) is 1. The molecule has 3 N–H and O–H groups in total. The van der Waals surface area contributed by atoms with Crippen molar-refractivity contribution in [1.29, 1.82) is 0 Å². The molecule has 1 atom stereocenters. The van der Waals surface area contributed by atoms with Gasteiger partial charge in [-0.15, -0.1) is 0 Å². The zero-order chi connectivity index (χ0) is 15.8. The van der Waals surface area contributed by atoms with Crippen LogP contribution in [0.4, 0.5) is 4.79 Å². The number of ether oxygens (including phenoxy) is 1. The minimum absolute atomic E-state index is 0.119. The Morgan fingerprint density at radius 3 is 2.57 bits per heavy atom. The number of rotatable bonds is 4. The van der Waals surface area contributed by atoms with Crippen LogP contribution in [-0.4, -0.2) is 36.0 Å². The van der Waals surface area contributed by atoms with Crippen LogP contribution in [0.15, 0.2) is 18.2 Å². The Balaban J connectivity index is 2.23. The van der Waals surface area contributed by atoms with Crippen LogP contribution < -0.4 is 15.8 Å². The van der Waals surface area contributed by atoms with Crippen molar-refractivity contribution < 1.29 is 14.3 Å². The third-order valence-electron chi connectivity index (χ3n) is 3.61. The van der Waals surface area contributed by atoms with Crippen molar-refractivity contribution in [3.63, 3.8) is 0 Å². The van der Waals surface area contributed by atoms with E-state index in [1.165, 1.54) is 0 Å². The molecule has 1 aliphatic heterocycles. The van der Waals surface area contributed by atoms with Crippen molar-refractivity contribution in [3.05, 3.63) is 29.3 Å². The number of amides is 3. The van der Waals surface area contributed by atoms with Crippen molar-refractivity contribution in [2.45, 2.75) is 32.4 Å². The fourth-order valence-corrected chi connectivity index (χ4v) is 2.42. The van der Waals surface area contributed by atoms with Gasteiger partial charge in [-0.05, 0) is 26.8 Å². The molecule has 0 bridgehead atoms. The molecule has 1 aliphatic rings. The van der Waals surface area contributed by atoms with Crippen LogP contribution in [0.3, 0.4) is 0 Å². The van der Waals surface area contributed by atoms with E-state index in [4.69, 9.17) is 10.5 Å². The highest BCUT2D eigenvalue weighted by molar-refractivity contribution is 6.06. The maximum absolute atomic E-state index is 12.2. The van der Waals surface area contributed by atoms with Gasteiger partial charge in [0.25, 0.3) is 5.91 Å². The molecule has 1 heterocycles. The maximum atomic E-state index is 12.2. The molecule has 2 rings (SSSR count). The summed E-state index contributed by atoms with van der Waals surface area (Å²) in [6.45, 7) is 5.42. The maximum Gasteiger partial charge on any atom is 0.325 e. The summed E-state index contributed by atoms with van der Waals surface area (Å²) >= 11 is 0. The first-order valence-corrected chi connectivity index (χ1v) is 6.80. The number of aryl methyl sites for hydroxylation is 1. The zero-order valence-electron chi connectivity index (χ0n) is 12.8. The molecule has 0 aliphatic carbocycles. The molecule has 6 heteroatoms. The molecule has 0 aromatic heterocycles. The molecule has 6 nitrogen and oxygen atoms in total. The average molecular weight is 291 g/mol. The van der Waals surface area contributed by atoms with Crippen molar-refractivity contribution in [3.8, 4) is 5.75 Å². The first-order chi connectivity index (χ1) is 9.76. The number of benzene rings is 1. The molecular weight excluding hydrogens is 270 g/mol. The van der Waals surface area contributed by atoms with E-state index in [0.29, 0.717) is 5.75 Å². The summed E-state index contributed by atoms with van der Waals surface area (Å²) in [7, 11) is 1.57. The molecule has 0 saturated carbocycles. The summed E-state index contributed by atoms with van der Waals surface area (Å²) < 4.78 is 5.30. The second-order valence-electron chi connectivity index (χ2n) is 5.82. The van der Waals surface area contributed by atoms with Crippen molar-refractivity contribution in [2.75, 3.05) is 13.7 Å². The minimum Gasteiger partial charge on any atom is -0.496 e. The topological polar surface area (TPSA) is 84.7 Å². The van der Waals surface area contributed by atoms with E-state index < -0.39 is 17.6 Å². The lowest BCUT2D eigenvalue weighted by atomic mass is 10.0. The Morgan fingerprint density at radius 2 is 2.05 bits per heavy atom. The first kappa shape index (κ1) is 15.3. The molecule has 114 valence electrons. The number of urea groups is 1. The summed E-state index contributed by atoms with van der Waals surface area (Å²) in [6, 6.07) is 4.76. The lowest BCUT2D eigenvalue weighted by Gasteiger charge is -2.21. The quantitative estimate of drug-likeness (QED) is 0.820. The summed E-state index contributed by atoms with van der Waals surface area (Å²) in [5, 5.41) is 2.64. The van der Waals surface area contributed by atoms with Gasteiger partial charge in [0.05, 0.1) is 13.2 Å². The van der Waals surface area contributed by atoms with Gasteiger partial charge in [-0.1, -0.05) is 17.7 Å². The fourth-order valence-electron chi connectivity index (χ4n) is 2.42. The van der Waals surface area contributed by atoms with E-state index >= 15 is 0 Å². The smallest absolute Gasteiger partial charge is 0.325 e. The highest BCUT2D eigenvalue weighted by atomic mass is 16.5. The van der Waals surface area contributed by atoms with Crippen molar-refractivity contribution in [2.24, 2.45) is 5.73 Å². The van der Waals surface area contributed by atoms with Gasteiger partial charge in [0.15, 0.2) is 0 Å². The van der Waals surface area contributed by atoms with E-state index in [-0.39, 0.29) is 12.5 Å². The lowest BCUT2D eigenvalue weighted by Crippen LogP contribution is -2.41. The number of carbonyl (C=O) groups excluding carboxylic acids is 2. The van der Waals surface area contributed by atoms with Gasteiger partial charge < -0.3 is 15.8 Å².